The molecule has 16 heavy (non-hydrogen) atoms. The quantitative estimate of drug-likeness (QED) is 0.659. The number of aryl methyl sites for hydroxylation is 1. The topological polar surface area (TPSA) is 86.6 Å². The summed E-state index contributed by atoms with van der Waals surface area (Å²) in [5.41, 5.74) is 1.62. The van der Waals surface area contributed by atoms with Gasteiger partial charge in [-0.3, -0.25) is 4.79 Å². The normalized spacial score (nSPS) is 9.88. The number of hydrogen-bond donors (Lipinski definition) is 3. The highest BCUT2D eigenvalue weighted by molar-refractivity contribution is 6.36. The summed E-state index contributed by atoms with van der Waals surface area (Å²) in [7, 11) is 0. The minimum absolute atomic E-state index is 0.0258. The largest absolute Gasteiger partial charge is 0.508 e. The maximum atomic E-state index is 11.1. The zero-order valence-corrected chi connectivity index (χ0v) is 9.07. The van der Waals surface area contributed by atoms with Crippen molar-refractivity contribution in [3.05, 3.63) is 23.3 Å². The molecule has 0 bridgehead atoms. The van der Waals surface area contributed by atoms with E-state index in [2.05, 4.69) is 5.32 Å². The summed E-state index contributed by atoms with van der Waals surface area (Å²) in [5, 5.41) is 20.2. The van der Waals surface area contributed by atoms with Gasteiger partial charge in [0.05, 0.1) is 5.69 Å². The molecule has 0 unspecified atom stereocenters. The van der Waals surface area contributed by atoms with Gasteiger partial charge in [-0.05, 0) is 25.0 Å². The van der Waals surface area contributed by atoms with E-state index in [1.807, 2.05) is 6.92 Å². The first kappa shape index (κ1) is 12.0. The number of anilines is 1. The number of aliphatic carboxylic acids is 1. The number of carboxylic acid groups (broad SMARTS) is 1. The number of nitrogens with one attached hydrogen (secondary N) is 1. The summed E-state index contributed by atoms with van der Waals surface area (Å²) in [6.45, 7) is 3.49. The number of hydrogen-bond acceptors (Lipinski definition) is 3. The van der Waals surface area contributed by atoms with E-state index in [0.29, 0.717) is 17.7 Å². The molecule has 0 atom stereocenters. The van der Waals surface area contributed by atoms with Gasteiger partial charge in [0, 0.05) is 5.56 Å². The maximum absolute atomic E-state index is 11.1. The van der Waals surface area contributed by atoms with E-state index < -0.39 is 11.9 Å². The average molecular weight is 223 g/mol. The van der Waals surface area contributed by atoms with Crippen molar-refractivity contribution in [1.82, 2.24) is 0 Å². The zero-order chi connectivity index (χ0) is 12.3. The molecule has 0 fully saturated rings. The molecule has 0 aliphatic rings. The number of carboxylic acids is 1. The van der Waals surface area contributed by atoms with Crippen molar-refractivity contribution in [3.63, 3.8) is 0 Å². The summed E-state index contributed by atoms with van der Waals surface area (Å²) >= 11 is 0. The lowest BCUT2D eigenvalue weighted by Gasteiger charge is -2.12. The third kappa shape index (κ3) is 2.31. The highest BCUT2D eigenvalue weighted by Gasteiger charge is 2.16. The van der Waals surface area contributed by atoms with Crippen molar-refractivity contribution in [2.24, 2.45) is 0 Å². The number of carbonyl (C=O) groups excluding carboxylic acids is 1. The first-order chi connectivity index (χ1) is 7.47. The molecular formula is C11H13NO4. The van der Waals surface area contributed by atoms with Crippen LogP contribution in [-0.4, -0.2) is 22.1 Å². The van der Waals surface area contributed by atoms with Gasteiger partial charge in [0.1, 0.15) is 5.75 Å². The van der Waals surface area contributed by atoms with Crippen LogP contribution in [0.3, 0.4) is 0 Å². The molecule has 0 saturated heterocycles. The number of carbonyl (C=O) groups is 2. The third-order valence-corrected chi connectivity index (χ3v) is 2.34. The number of phenolic OH excluding ortho intramolecular Hbond substituents is 1. The fourth-order valence-electron chi connectivity index (χ4n) is 1.39. The fraction of sp³-hybridized carbons (Fsp3) is 0.273. The van der Waals surface area contributed by atoms with Crippen LogP contribution in [0.1, 0.15) is 18.1 Å². The molecule has 1 aromatic carbocycles. The van der Waals surface area contributed by atoms with Gasteiger partial charge < -0.3 is 15.5 Å². The van der Waals surface area contributed by atoms with Crippen LogP contribution in [-0.2, 0) is 16.0 Å². The molecule has 0 aromatic heterocycles. The lowest BCUT2D eigenvalue weighted by Crippen LogP contribution is -2.23. The van der Waals surface area contributed by atoms with Gasteiger partial charge in [0.15, 0.2) is 0 Å². The van der Waals surface area contributed by atoms with E-state index in [-0.39, 0.29) is 5.75 Å². The second-order valence-electron chi connectivity index (χ2n) is 3.36. The molecule has 0 heterocycles. The number of rotatable bonds is 2. The molecular weight excluding hydrogens is 210 g/mol. The van der Waals surface area contributed by atoms with Crippen LogP contribution in [0.4, 0.5) is 5.69 Å². The Morgan fingerprint density at radius 3 is 2.50 bits per heavy atom. The summed E-state index contributed by atoms with van der Waals surface area (Å²) in [4.78, 5) is 21.5. The van der Waals surface area contributed by atoms with Crippen LogP contribution in [0.15, 0.2) is 12.1 Å². The van der Waals surface area contributed by atoms with Gasteiger partial charge in [0.2, 0.25) is 0 Å². The molecule has 3 N–H and O–H groups in total. The van der Waals surface area contributed by atoms with E-state index >= 15 is 0 Å². The molecule has 5 heteroatoms. The van der Waals surface area contributed by atoms with E-state index in [1.165, 1.54) is 6.07 Å². The van der Waals surface area contributed by atoms with E-state index in [9.17, 15) is 14.7 Å². The summed E-state index contributed by atoms with van der Waals surface area (Å²) < 4.78 is 0. The fourth-order valence-corrected chi connectivity index (χ4v) is 1.39. The van der Waals surface area contributed by atoms with Gasteiger partial charge in [-0.2, -0.15) is 0 Å². The summed E-state index contributed by atoms with van der Waals surface area (Å²) in [5.74, 6) is -2.63. The van der Waals surface area contributed by atoms with Crippen molar-refractivity contribution in [1.29, 1.82) is 0 Å². The predicted octanol–water partition coefficient (Wildman–Crippen LogP) is 1.29. The Kier molecular flexibility index (Phi) is 3.50. The van der Waals surface area contributed by atoms with Crippen LogP contribution >= 0.6 is 0 Å². The molecule has 0 radical (unpaired) electrons. The van der Waals surface area contributed by atoms with Crippen LogP contribution in [0.25, 0.3) is 0 Å². The molecule has 86 valence electrons. The summed E-state index contributed by atoms with van der Waals surface area (Å²) in [6, 6.07) is 3.17. The van der Waals surface area contributed by atoms with Gasteiger partial charge in [0.25, 0.3) is 0 Å². The number of benzene rings is 1. The molecule has 1 amide bonds. The SMILES string of the molecule is CCc1ccc(O)c(C)c1NC(=O)C(=O)O. The highest BCUT2D eigenvalue weighted by Crippen LogP contribution is 2.28. The Morgan fingerprint density at radius 2 is 2.00 bits per heavy atom. The Morgan fingerprint density at radius 1 is 1.38 bits per heavy atom. The molecule has 0 saturated carbocycles. The molecule has 5 nitrogen and oxygen atoms in total. The average Bonchev–Trinajstić information content (AvgIpc) is 2.25. The number of amides is 1. The Bertz CT molecular complexity index is 440. The molecule has 0 spiro atoms. The van der Waals surface area contributed by atoms with Gasteiger partial charge in [-0.1, -0.05) is 13.0 Å². The molecule has 0 aliphatic heterocycles. The Labute approximate surface area is 92.7 Å². The number of aromatic hydroxyl groups is 1. The number of phenols is 1. The Hall–Kier alpha value is -2.04. The monoisotopic (exact) mass is 223 g/mol. The zero-order valence-electron chi connectivity index (χ0n) is 9.07. The molecule has 1 rings (SSSR count). The van der Waals surface area contributed by atoms with Gasteiger partial charge >= 0.3 is 11.9 Å². The Balaban J connectivity index is 3.15. The minimum Gasteiger partial charge on any atom is -0.508 e. The second kappa shape index (κ2) is 4.65. The third-order valence-electron chi connectivity index (χ3n) is 2.34. The first-order valence-electron chi connectivity index (χ1n) is 4.83. The van der Waals surface area contributed by atoms with Crippen molar-refractivity contribution in [3.8, 4) is 5.75 Å². The lowest BCUT2D eigenvalue weighted by molar-refractivity contribution is -0.147. The van der Waals surface area contributed by atoms with Crippen LogP contribution < -0.4 is 5.32 Å². The van der Waals surface area contributed by atoms with Crippen molar-refractivity contribution >= 4 is 17.6 Å². The standard InChI is InChI=1S/C11H13NO4/c1-3-7-4-5-8(13)6(2)9(7)12-10(14)11(15)16/h4-5,13H,3H2,1-2H3,(H,12,14)(H,15,16). The van der Waals surface area contributed by atoms with Crippen LogP contribution in [0, 0.1) is 6.92 Å². The van der Waals surface area contributed by atoms with Gasteiger partial charge in [-0.25, -0.2) is 4.79 Å². The van der Waals surface area contributed by atoms with Crippen molar-refractivity contribution in [2.75, 3.05) is 5.32 Å². The highest BCUT2D eigenvalue weighted by atomic mass is 16.4. The maximum Gasteiger partial charge on any atom is 0.394 e. The second-order valence-corrected chi connectivity index (χ2v) is 3.36. The van der Waals surface area contributed by atoms with Crippen molar-refractivity contribution < 1.29 is 19.8 Å². The minimum atomic E-state index is -1.55. The van der Waals surface area contributed by atoms with Crippen molar-refractivity contribution in [2.45, 2.75) is 20.3 Å². The first-order valence-corrected chi connectivity index (χ1v) is 4.83. The van der Waals surface area contributed by atoms with Gasteiger partial charge in [-0.15, -0.1) is 0 Å². The molecule has 1 aromatic rings. The lowest BCUT2D eigenvalue weighted by atomic mass is 10.0. The van der Waals surface area contributed by atoms with Crippen LogP contribution in [0.2, 0.25) is 0 Å². The summed E-state index contributed by atoms with van der Waals surface area (Å²) in [6.07, 6.45) is 0.635. The van der Waals surface area contributed by atoms with E-state index in [1.54, 1.807) is 13.0 Å². The van der Waals surface area contributed by atoms with Crippen LogP contribution in [0.5, 0.6) is 5.75 Å². The van der Waals surface area contributed by atoms with E-state index in [4.69, 9.17) is 5.11 Å². The predicted molar refractivity (Wildman–Crippen MR) is 58.5 cm³/mol. The van der Waals surface area contributed by atoms with E-state index in [0.717, 1.165) is 5.56 Å². The smallest absolute Gasteiger partial charge is 0.394 e. The molecule has 0 aliphatic carbocycles.